The van der Waals surface area contributed by atoms with Gasteiger partial charge in [-0.15, -0.1) is 0 Å². The van der Waals surface area contributed by atoms with E-state index in [0.717, 1.165) is 5.56 Å². The molecular weight excluding hydrogens is 388 g/mol. The standard InChI is InChI=1S/C20H19F2NO6/c1-13-3-2-4-16(11-13)27-10-9-18(25)28-12-17(24)23-19(26)14-5-7-15(8-6-14)29-20(21)22/h2-8,11,20H,9-10,12H2,1H3,(H,23,24,26). The lowest BCUT2D eigenvalue weighted by molar-refractivity contribution is -0.148. The van der Waals surface area contributed by atoms with Crippen LogP contribution < -0.4 is 14.8 Å². The Morgan fingerprint density at radius 2 is 1.76 bits per heavy atom. The second-order valence-corrected chi connectivity index (χ2v) is 5.86. The van der Waals surface area contributed by atoms with Crippen LogP contribution in [0.15, 0.2) is 48.5 Å². The SMILES string of the molecule is Cc1cccc(OCCC(=O)OCC(=O)NC(=O)c2ccc(OC(F)F)cc2)c1. The molecule has 0 aliphatic carbocycles. The number of carbonyl (C=O) groups excluding carboxylic acids is 3. The third-order valence-electron chi connectivity index (χ3n) is 3.52. The zero-order valence-electron chi connectivity index (χ0n) is 15.5. The summed E-state index contributed by atoms with van der Waals surface area (Å²) < 4.78 is 38.5. The second-order valence-electron chi connectivity index (χ2n) is 5.86. The number of rotatable bonds is 9. The van der Waals surface area contributed by atoms with E-state index in [-0.39, 0.29) is 24.3 Å². The van der Waals surface area contributed by atoms with Crippen molar-refractivity contribution in [1.82, 2.24) is 5.32 Å². The summed E-state index contributed by atoms with van der Waals surface area (Å²) in [4.78, 5) is 35.3. The lowest BCUT2D eigenvalue weighted by atomic mass is 10.2. The number of alkyl halides is 2. The minimum Gasteiger partial charge on any atom is -0.493 e. The molecule has 29 heavy (non-hydrogen) atoms. The van der Waals surface area contributed by atoms with Gasteiger partial charge in [0.1, 0.15) is 11.5 Å². The highest BCUT2D eigenvalue weighted by Gasteiger charge is 2.13. The van der Waals surface area contributed by atoms with Gasteiger partial charge in [0.25, 0.3) is 11.8 Å². The second kappa shape index (κ2) is 10.7. The molecule has 0 aromatic heterocycles. The maximum atomic E-state index is 12.1. The molecule has 0 aliphatic rings. The Labute approximate surface area is 165 Å². The molecule has 0 atom stereocenters. The van der Waals surface area contributed by atoms with E-state index >= 15 is 0 Å². The van der Waals surface area contributed by atoms with Crippen LogP contribution in [0.2, 0.25) is 0 Å². The van der Waals surface area contributed by atoms with Crippen molar-refractivity contribution in [3.63, 3.8) is 0 Å². The summed E-state index contributed by atoms with van der Waals surface area (Å²) >= 11 is 0. The Morgan fingerprint density at radius 1 is 1.03 bits per heavy atom. The van der Waals surface area contributed by atoms with Crippen LogP contribution in [0.25, 0.3) is 0 Å². The first-order valence-electron chi connectivity index (χ1n) is 8.57. The lowest BCUT2D eigenvalue weighted by Crippen LogP contribution is -2.34. The van der Waals surface area contributed by atoms with Crippen LogP contribution in [-0.4, -0.2) is 37.6 Å². The summed E-state index contributed by atoms with van der Waals surface area (Å²) in [5.74, 6) is -1.75. The highest BCUT2D eigenvalue weighted by molar-refractivity contribution is 6.05. The maximum absolute atomic E-state index is 12.1. The number of halogens is 2. The Hall–Kier alpha value is -3.49. The number of carbonyl (C=O) groups is 3. The minimum atomic E-state index is -2.98. The molecule has 154 valence electrons. The molecule has 2 amide bonds. The number of hydrogen-bond acceptors (Lipinski definition) is 6. The van der Waals surface area contributed by atoms with E-state index in [9.17, 15) is 23.2 Å². The van der Waals surface area contributed by atoms with E-state index in [1.165, 1.54) is 24.3 Å². The largest absolute Gasteiger partial charge is 0.493 e. The first-order valence-corrected chi connectivity index (χ1v) is 8.57. The number of esters is 1. The summed E-state index contributed by atoms with van der Waals surface area (Å²) in [5, 5.41) is 2.02. The maximum Gasteiger partial charge on any atom is 0.387 e. The van der Waals surface area contributed by atoms with Crippen molar-refractivity contribution in [2.45, 2.75) is 20.0 Å². The molecule has 0 saturated heterocycles. The van der Waals surface area contributed by atoms with Crippen LogP contribution in [0.1, 0.15) is 22.3 Å². The molecule has 0 fully saturated rings. The molecule has 0 bridgehead atoms. The lowest BCUT2D eigenvalue weighted by Gasteiger charge is -2.08. The van der Waals surface area contributed by atoms with Gasteiger partial charge in [0.15, 0.2) is 6.61 Å². The Morgan fingerprint density at radius 3 is 2.41 bits per heavy atom. The Bertz CT molecular complexity index is 854. The molecule has 1 N–H and O–H groups in total. The van der Waals surface area contributed by atoms with Crippen molar-refractivity contribution in [3.8, 4) is 11.5 Å². The summed E-state index contributed by atoms with van der Waals surface area (Å²) in [7, 11) is 0. The molecule has 2 aromatic rings. The molecular formula is C20H19F2NO6. The third-order valence-corrected chi connectivity index (χ3v) is 3.52. The van der Waals surface area contributed by atoms with Gasteiger partial charge < -0.3 is 14.2 Å². The van der Waals surface area contributed by atoms with Crippen molar-refractivity contribution in [2.24, 2.45) is 0 Å². The zero-order valence-corrected chi connectivity index (χ0v) is 15.5. The van der Waals surface area contributed by atoms with Gasteiger partial charge in [0.2, 0.25) is 0 Å². The Balaban J connectivity index is 1.69. The van der Waals surface area contributed by atoms with Crippen LogP contribution in [0.5, 0.6) is 11.5 Å². The number of hydrogen-bond donors (Lipinski definition) is 1. The van der Waals surface area contributed by atoms with Crippen LogP contribution in [0.4, 0.5) is 8.78 Å². The van der Waals surface area contributed by atoms with Gasteiger partial charge in [-0.25, -0.2) is 0 Å². The van der Waals surface area contributed by atoms with Crippen molar-refractivity contribution >= 4 is 17.8 Å². The zero-order chi connectivity index (χ0) is 21.2. The van der Waals surface area contributed by atoms with E-state index in [1.807, 2.05) is 30.4 Å². The van der Waals surface area contributed by atoms with Gasteiger partial charge in [-0.2, -0.15) is 8.78 Å². The van der Waals surface area contributed by atoms with Crippen molar-refractivity contribution < 1.29 is 37.4 Å². The topological polar surface area (TPSA) is 90.9 Å². The normalized spacial score (nSPS) is 10.3. The number of benzene rings is 2. The first-order chi connectivity index (χ1) is 13.8. The van der Waals surface area contributed by atoms with Crippen LogP contribution in [0, 0.1) is 6.92 Å². The predicted molar refractivity (Wildman–Crippen MR) is 97.8 cm³/mol. The smallest absolute Gasteiger partial charge is 0.387 e. The van der Waals surface area contributed by atoms with Gasteiger partial charge in [0, 0.05) is 5.56 Å². The number of amides is 2. The van der Waals surface area contributed by atoms with Crippen molar-refractivity contribution in [3.05, 3.63) is 59.7 Å². The minimum absolute atomic E-state index is 0.0536. The molecule has 0 aliphatic heterocycles. The highest BCUT2D eigenvalue weighted by Crippen LogP contribution is 2.15. The third kappa shape index (κ3) is 7.96. The molecule has 0 heterocycles. The van der Waals surface area contributed by atoms with Crippen molar-refractivity contribution in [2.75, 3.05) is 13.2 Å². The molecule has 0 radical (unpaired) electrons. The van der Waals surface area contributed by atoms with E-state index in [0.29, 0.717) is 5.75 Å². The molecule has 7 nitrogen and oxygen atoms in total. The molecule has 2 aromatic carbocycles. The number of aryl methyl sites for hydroxylation is 1. The average molecular weight is 407 g/mol. The first kappa shape index (κ1) is 21.8. The summed E-state index contributed by atoms with van der Waals surface area (Å²) in [6.07, 6.45) is -0.0687. The van der Waals surface area contributed by atoms with Gasteiger partial charge in [-0.3, -0.25) is 19.7 Å². The average Bonchev–Trinajstić information content (AvgIpc) is 2.66. The molecule has 2 rings (SSSR count). The van der Waals surface area contributed by atoms with E-state index in [4.69, 9.17) is 9.47 Å². The van der Waals surface area contributed by atoms with E-state index in [1.54, 1.807) is 6.07 Å². The summed E-state index contributed by atoms with van der Waals surface area (Å²) in [6.45, 7) is -1.63. The fourth-order valence-electron chi connectivity index (χ4n) is 2.20. The van der Waals surface area contributed by atoms with Gasteiger partial charge in [0.05, 0.1) is 13.0 Å². The van der Waals surface area contributed by atoms with E-state index < -0.39 is 31.0 Å². The number of ether oxygens (including phenoxy) is 3. The molecule has 0 saturated carbocycles. The van der Waals surface area contributed by atoms with Gasteiger partial charge in [-0.1, -0.05) is 12.1 Å². The van der Waals surface area contributed by atoms with E-state index in [2.05, 4.69) is 4.74 Å². The molecule has 9 heteroatoms. The van der Waals surface area contributed by atoms with Crippen molar-refractivity contribution in [1.29, 1.82) is 0 Å². The predicted octanol–water partition coefficient (Wildman–Crippen LogP) is 2.87. The number of imide groups is 1. The van der Waals surface area contributed by atoms with Crippen LogP contribution in [-0.2, 0) is 14.3 Å². The van der Waals surface area contributed by atoms with Gasteiger partial charge >= 0.3 is 12.6 Å². The highest BCUT2D eigenvalue weighted by atomic mass is 19.3. The molecule has 0 unspecified atom stereocenters. The monoisotopic (exact) mass is 407 g/mol. The van der Waals surface area contributed by atoms with Crippen LogP contribution in [0.3, 0.4) is 0 Å². The quantitative estimate of drug-likeness (QED) is 0.643. The summed E-state index contributed by atoms with van der Waals surface area (Å²) in [5.41, 5.74) is 1.07. The Kier molecular flexibility index (Phi) is 8.08. The molecule has 0 spiro atoms. The fraction of sp³-hybridized carbons (Fsp3) is 0.250. The fourth-order valence-corrected chi connectivity index (χ4v) is 2.20. The number of nitrogens with one attached hydrogen (secondary N) is 1. The summed E-state index contributed by atoms with van der Waals surface area (Å²) in [6, 6.07) is 12.1. The van der Waals surface area contributed by atoms with Crippen LogP contribution >= 0.6 is 0 Å². The van der Waals surface area contributed by atoms with Gasteiger partial charge in [-0.05, 0) is 48.9 Å².